The van der Waals surface area contributed by atoms with Crippen molar-refractivity contribution < 1.29 is 48.3 Å². The highest BCUT2D eigenvalue weighted by Gasteiger charge is 2.23. The molecule has 0 fully saturated rings. The van der Waals surface area contributed by atoms with Crippen LogP contribution in [-0.2, 0) is 19.2 Å². The molecule has 166 valence electrons. The Hall–Kier alpha value is -4.60. The molecule has 0 atom stereocenters. The minimum absolute atomic E-state index is 0.0805. The molecule has 0 aliphatic carbocycles. The van der Waals surface area contributed by atoms with Crippen molar-refractivity contribution in [1.29, 1.82) is 0 Å². The molecule has 0 spiro atoms. The first-order chi connectivity index (χ1) is 15.2. The van der Waals surface area contributed by atoms with Gasteiger partial charge in [-0.2, -0.15) is 0 Å². The van der Waals surface area contributed by atoms with Crippen LogP contribution in [0.5, 0.6) is 23.0 Å². The van der Waals surface area contributed by atoms with Crippen molar-refractivity contribution in [1.82, 2.24) is 0 Å². The molecule has 10 nitrogen and oxygen atoms in total. The number of carbonyl (C=O) groups is 4. The van der Waals surface area contributed by atoms with Crippen molar-refractivity contribution >= 4 is 36.0 Å². The Bertz CT molecular complexity index is 1010. The van der Waals surface area contributed by atoms with E-state index in [4.69, 9.17) is 29.2 Å². The van der Waals surface area contributed by atoms with Crippen LogP contribution in [0.1, 0.15) is 11.1 Å². The summed E-state index contributed by atoms with van der Waals surface area (Å²) in [6.45, 7) is 0. The quantitative estimate of drug-likeness (QED) is 0.270. The lowest BCUT2D eigenvalue weighted by atomic mass is 10.2. The van der Waals surface area contributed by atoms with Gasteiger partial charge in [0.25, 0.3) is 0 Å². The van der Waals surface area contributed by atoms with Gasteiger partial charge >= 0.3 is 23.9 Å². The maximum Gasteiger partial charge on any atom is 0.423 e. The number of carboxylic acids is 2. The Morgan fingerprint density at radius 3 is 1.34 bits per heavy atom. The summed E-state index contributed by atoms with van der Waals surface area (Å²) in [7, 11) is 2.61. The van der Waals surface area contributed by atoms with Crippen LogP contribution in [0.4, 0.5) is 0 Å². The van der Waals surface area contributed by atoms with E-state index in [-0.39, 0.29) is 23.0 Å². The second-order valence-electron chi connectivity index (χ2n) is 5.94. The molecule has 32 heavy (non-hydrogen) atoms. The van der Waals surface area contributed by atoms with Crippen LogP contribution in [0.25, 0.3) is 12.2 Å². The van der Waals surface area contributed by atoms with Crippen molar-refractivity contribution in [3.63, 3.8) is 0 Å². The Balaban J connectivity index is 2.14. The third-order valence-electron chi connectivity index (χ3n) is 3.78. The number of carbonyl (C=O) groups excluding carboxylic acids is 2. The number of hydrogen-bond acceptors (Lipinski definition) is 8. The topological polar surface area (TPSA) is 146 Å². The number of carboxylic acid groups (broad SMARTS) is 2. The first-order valence-corrected chi connectivity index (χ1v) is 8.85. The van der Waals surface area contributed by atoms with Crippen LogP contribution in [-0.4, -0.2) is 48.3 Å². The van der Waals surface area contributed by atoms with Crippen LogP contribution < -0.4 is 18.9 Å². The normalized spacial score (nSPS) is 10.7. The summed E-state index contributed by atoms with van der Waals surface area (Å²) >= 11 is 0. The molecule has 0 aliphatic rings. The van der Waals surface area contributed by atoms with Gasteiger partial charge in [-0.15, -0.1) is 0 Å². The Morgan fingerprint density at radius 2 is 1.03 bits per heavy atom. The summed E-state index contributed by atoms with van der Waals surface area (Å²) in [5, 5.41) is 17.4. The van der Waals surface area contributed by atoms with Crippen LogP contribution in [0.15, 0.2) is 48.6 Å². The van der Waals surface area contributed by atoms with Crippen LogP contribution in [0.2, 0.25) is 0 Å². The van der Waals surface area contributed by atoms with E-state index in [2.05, 4.69) is 0 Å². The van der Waals surface area contributed by atoms with Gasteiger partial charge in [-0.1, -0.05) is 12.1 Å². The van der Waals surface area contributed by atoms with Crippen molar-refractivity contribution in [2.24, 2.45) is 0 Å². The molecular weight excluding hydrogens is 424 g/mol. The summed E-state index contributed by atoms with van der Waals surface area (Å²) in [6.07, 6.45) is 4.47. The molecule has 0 heterocycles. The Morgan fingerprint density at radius 1 is 0.656 bits per heavy atom. The summed E-state index contributed by atoms with van der Waals surface area (Å²) in [5.41, 5.74) is 0.932. The van der Waals surface area contributed by atoms with Gasteiger partial charge in [0.05, 0.1) is 14.2 Å². The van der Waals surface area contributed by atoms with E-state index in [9.17, 15) is 19.2 Å². The molecule has 2 aromatic rings. The summed E-state index contributed by atoms with van der Waals surface area (Å²) < 4.78 is 20.2. The molecule has 0 amide bonds. The Labute approximate surface area is 181 Å². The van der Waals surface area contributed by atoms with Gasteiger partial charge in [0.2, 0.25) is 0 Å². The smallest absolute Gasteiger partial charge is 0.423 e. The zero-order valence-electron chi connectivity index (χ0n) is 16.9. The number of benzene rings is 2. The van der Waals surface area contributed by atoms with Gasteiger partial charge in [0.1, 0.15) is 0 Å². The number of aliphatic carboxylic acids is 2. The number of esters is 2. The van der Waals surface area contributed by atoms with Gasteiger partial charge in [-0.05, 0) is 47.5 Å². The van der Waals surface area contributed by atoms with Crippen LogP contribution in [0, 0.1) is 0 Å². The van der Waals surface area contributed by atoms with Gasteiger partial charge < -0.3 is 29.2 Å². The molecule has 10 heteroatoms. The molecule has 0 aliphatic heterocycles. The average Bonchev–Trinajstić information content (AvgIpc) is 2.77. The zero-order valence-corrected chi connectivity index (χ0v) is 16.9. The highest BCUT2D eigenvalue weighted by Crippen LogP contribution is 2.30. The number of ether oxygens (including phenoxy) is 4. The monoisotopic (exact) mass is 442 g/mol. The van der Waals surface area contributed by atoms with E-state index in [1.54, 1.807) is 0 Å². The minimum Gasteiger partial charge on any atom is -0.493 e. The van der Waals surface area contributed by atoms with Crippen molar-refractivity contribution in [2.75, 3.05) is 14.2 Å². The van der Waals surface area contributed by atoms with Gasteiger partial charge in [0, 0.05) is 12.2 Å². The van der Waals surface area contributed by atoms with E-state index < -0.39 is 23.9 Å². The SMILES string of the molecule is COc1cc(/C=C\C(=O)O)ccc1OC(=O)C(=O)Oc1ccc(/C=C/C(=O)O)cc1OC. The molecule has 2 aromatic carbocycles. The third-order valence-corrected chi connectivity index (χ3v) is 3.78. The molecule has 0 saturated heterocycles. The van der Waals surface area contributed by atoms with Crippen molar-refractivity contribution in [3.05, 3.63) is 59.7 Å². The second kappa shape index (κ2) is 11.0. The summed E-state index contributed by atoms with van der Waals surface area (Å²) in [4.78, 5) is 45.6. The van der Waals surface area contributed by atoms with Crippen LogP contribution >= 0.6 is 0 Å². The highest BCUT2D eigenvalue weighted by atomic mass is 16.6. The van der Waals surface area contributed by atoms with E-state index in [0.29, 0.717) is 11.1 Å². The lowest BCUT2D eigenvalue weighted by molar-refractivity contribution is -0.156. The zero-order chi connectivity index (χ0) is 23.7. The molecule has 0 bridgehead atoms. The van der Waals surface area contributed by atoms with E-state index >= 15 is 0 Å². The van der Waals surface area contributed by atoms with Crippen molar-refractivity contribution in [2.45, 2.75) is 0 Å². The summed E-state index contributed by atoms with van der Waals surface area (Å²) in [6, 6.07) is 8.41. The molecular formula is C22H18O10. The van der Waals surface area contributed by atoms with E-state index in [1.807, 2.05) is 0 Å². The van der Waals surface area contributed by atoms with Gasteiger partial charge in [0.15, 0.2) is 23.0 Å². The van der Waals surface area contributed by atoms with Crippen LogP contribution in [0.3, 0.4) is 0 Å². The first-order valence-electron chi connectivity index (χ1n) is 8.85. The standard InChI is InChI=1S/C22H18O10/c1-29-17-11-13(5-9-19(23)24)3-7-15(17)31-21(27)22(28)32-16-8-4-14(6-10-20(25)26)12-18(16)30-2/h3-12H,1-2H3,(H,23,24)(H,25,26)/b9-5-,10-6+. The average molecular weight is 442 g/mol. The molecule has 0 unspecified atom stereocenters. The Kier molecular flexibility index (Phi) is 8.12. The van der Waals surface area contributed by atoms with Gasteiger partial charge in [-0.3, -0.25) is 0 Å². The second-order valence-corrected chi connectivity index (χ2v) is 5.94. The fraction of sp³-hybridized carbons (Fsp3) is 0.0909. The maximum atomic E-state index is 12.2. The predicted molar refractivity (Wildman–Crippen MR) is 111 cm³/mol. The molecule has 0 aromatic heterocycles. The first kappa shape index (κ1) is 23.7. The fourth-order valence-electron chi connectivity index (χ4n) is 2.36. The molecule has 2 rings (SSSR count). The predicted octanol–water partition coefficient (Wildman–Crippen LogP) is 2.41. The highest BCUT2D eigenvalue weighted by molar-refractivity contribution is 6.31. The maximum absolute atomic E-state index is 12.2. The van der Waals surface area contributed by atoms with Crippen molar-refractivity contribution in [3.8, 4) is 23.0 Å². The number of methoxy groups -OCH3 is 2. The molecule has 0 saturated carbocycles. The van der Waals surface area contributed by atoms with Gasteiger partial charge in [-0.25, -0.2) is 19.2 Å². The largest absolute Gasteiger partial charge is 0.493 e. The fourth-order valence-corrected chi connectivity index (χ4v) is 2.36. The van der Waals surface area contributed by atoms with E-state index in [1.165, 1.54) is 62.8 Å². The lowest BCUT2D eigenvalue weighted by Crippen LogP contribution is -2.25. The minimum atomic E-state index is -1.34. The third kappa shape index (κ3) is 6.73. The molecule has 0 radical (unpaired) electrons. The lowest BCUT2D eigenvalue weighted by Gasteiger charge is -2.11. The summed E-state index contributed by atoms with van der Waals surface area (Å²) in [5.74, 6) is -4.93. The number of rotatable bonds is 8. The number of hydrogen-bond donors (Lipinski definition) is 2. The van der Waals surface area contributed by atoms with E-state index in [0.717, 1.165) is 12.2 Å². The molecule has 2 N–H and O–H groups in total.